The van der Waals surface area contributed by atoms with E-state index in [1.807, 2.05) is 30.3 Å². The third-order valence-corrected chi connectivity index (χ3v) is 3.14. The monoisotopic (exact) mass is 314 g/mol. The van der Waals surface area contributed by atoms with E-state index in [0.29, 0.717) is 12.6 Å². The van der Waals surface area contributed by atoms with Crippen molar-refractivity contribution in [1.29, 1.82) is 0 Å². The van der Waals surface area contributed by atoms with E-state index >= 15 is 0 Å². The van der Waals surface area contributed by atoms with Gasteiger partial charge in [0, 0.05) is 6.07 Å². The molecule has 0 aliphatic heterocycles. The summed E-state index contributed by atoms with van der Waals surface area (Å²) in [6.45, 7) is 0.464. The molecule has 3 aromatic rings. The largest absolute Gasteiger partial charge is 0.318 e. The first kappa shape index (κ1) is 14.8. The van der Waals surface area contributed by atoms with Crippen molar-refractivity contribution < 1.29 is 13.6 Å². The summed E-state index contributed by atoms with van der Waals surface area (Å²) in [5.74, 6) is -2.18. The predicted molar refractivity (Wildman–Crippen MR) is 79.9 cm³/mol. The summed E-state index contributed by atoms with van der Waals surface area (Å²) in [6, 6.07) is 12.5. The van der Waals surface area contributed by atoms with Crippen molar-refractivity contribution in [2.45, 2.75) is 6.54 Å². The van der Waals surface area contributed by atoms with Gasteiger partial charge in [0.25, 0.3) is 5.91 Å². The molecule has 0 aliphatic rings. The van der Waals surface area contributed by atoms with E-state index in [0.717, 1.165) is 17.7 Å². The first-order valence-corrected chi connectivity index (χ1v) is 6.82. The Morgan fingerprint density at radius 2 is 1.91 bits per heavy atom. The van der Waals surface area contributed by atoms with Crippen molar-refractivity contribution in [2.24, 2.45) is 0 Å². The third kappa shape index (κ3) is 3.57. The number of nitrogens with one attached hydrogen (secondary N) is 1. The van der Waals surface area contributed by atoms with Crippen LogP contribution in [-0.4, -0.2) is 20.9 Å². The zero-order valence-electron chi connectivity index (χ0n) is 11.9. The minimum atomic E-state index is -0.852. The van der Waals surface area contributed by atoms with Crippen molar-refractivity contribution in [2.75, 3.05) is 5.32 Å². The van der Waals surface area contributed by atoms with Crippen molar-refractivity contribution in [3.8, 4) is 0 Å². The number of benzene rings is 2. The zero-order valence-corrected chi connectivity index (χ0v) is 11.9. The van der Waals surface area contributed by atoms with Gasteiger partial charge in [-0.1, -0.05) is 35.5 Å². The van der Waals surface area contributed by atoms with Crippen LogP contribution in [0.5, 0.6) is 0 Å². The molecule has 116 valence electrons. The predicted octanol–water partition coefficient (Wildman–Crippen LogP) is 2.86. The molecule has 5 nitrogen and oxygen atoms in total. The number of amides is 1. The second kappa shape index (κ2) is 6.35. The van der Waals surface area contributed by atoms with Crippen LogP contribution in [0.25, 0.3) is 0 Å². The van der Waals surface area contributed by atoms with Gasteiger partial charge in [0.15, 0.2) is 5.69 Å². The fourth-order valence-electron chi connectivity index (χ4n) is 2.03. The first-order valence-electron chi connectivity index (χ1n) is 6.82. The van der Waals surface area contributed by atoms with E-state index in [4.69, 9.17) is 0 Å². The Labute approximate surface area is 130 Å². The number of anilines is 1. The Morgan fingerprint density at radius 1 is 1.13 bits per heavy atom. The Kier molecular flexibility index (Phi) is 4.09. The maximum Gasteiger partial charge on any atom is 0.277 e. The molecule has 0 fully saturated rings. The molecule has 0 bridgehead atoms. The Balaban J connectivity index is 1.71. The molecular formula is C16H12F2N4O. The molecule has 0 unspecified atom stereocenters. The van der Waals surface area contributed by atoms with E-state index in [9.17, 15) is 13.6 Å². The molecule has 0 saturated heterocycles. The smallest absolute Gasteiger partial charge is 0.277 e. The van der Waals surface area contributed by atoms with Gasteiger partial charge in [0.2, 0.25) is 0 Å². The van der Waals surface area contributed by atoms with Crippen LogP contribution in [0.3, 0.4) is 0 Å². The molecule has 1 amide bonds. The van der Waals surface area contributed by atoms with Crippen molar-refractivity contribution >= 4 is 11.6 Å². The zero-order chi connectivity index (χ0) is 16.2. The lowest BCUT2D eigenvalue weighted by Gasteiger charge is -2.04. The molecule has 23 heavy (non-hydrogen) atoms. The third-order valence-electron chi connectivity index (χ3n) is 3.14. The van der Waals surface area contributed by atoms with Crippen LogP contribution < -0.4 is 5.32 Å². The highest BCUT2D eigenvalue weighted by Gasteiger charge is 2.13. The Hall–Kier alpha value is -3.09. The molecule has 0 saturated carbocycles. The number of halogens is 2. The molecule has 2 aromatic carbocycles. The van der Waals surface area contributed by atoms with Gasteiger partial charge in [-0.15, -0.1) is 5.10 Å². The van der Waals surface area contributed by atoms with Gasteiger partial charge in [0.1, 0.15) is 11.6 Å². The number of carbonyl (C=O) groups excluding carboxylic acids is 1. The number of hydrogen-bond acceptors (Lipinski definition) is 3. The maximum atomic E-state index is 13.5. The molecule has 0 spiro atoms. The Bertz CT molecular complexity index is 833. The quantitative estimate of drug-likeness (QED) is 0.805. The summed E-state index contributed by atoms with van der Waals surface area (Å²) >= 11 is 0. The van der Waals surface area contributed by atoms with Crippen LogP contribution in [-0.2, 0) is 6.54 Å². The minimum Gasteiger partial charge on any atom is -0.318 e. The number of hydrogen-bond donors (Lipinski definition) is 1. The molecule has 7 heteroatoms. The number of rotatable bonds is 4. The van der Waals surface area contributed by atoms with Crippen LogP contribution in [0.1, 0.15) is 16.1 Å². The highest BCUT2D eigenvalue weighted by atomic mass is 19.1. The van der Waals surface area contributed by atoms with E-state index in [-0.39, 0.29) is 11.4 Å². The summed E-state index contributed by atoms with van der Waals surface area (Å²) in [5, 5.41) is 9.96. The van der Waals surface area contributed by atoms with Crippen LogP contribution in [0.2, 0.25) is 0 Å². The van der Waals surface area contributed by atoms with Gasteiger partial charge in [-0.2, -0.15) is 0 Å². The standard InChI is InChI=1S/C16H12F2N4O/c17-12-6-7-14(13(18)8-12)19-16(23)15-10-22(21-20-15)9-11-4-2-1-3-5-11/h1-8,10H,9H2,(H,19,23). The van der Waals surface area contributed by atoms with Gasteiger partial charge in [-0.25, -0.2) is 13.5 Å². The van der Waals surface area contributed by atoms with Gasteiger partial charge >= 0.3 is 0 Å². The highest BCUT2D eigenvalue weighted by Crippen LogP contribution is 2.15. The fourth-order valence-corrected chi connectivity index (χ4v) is 2.03. The number of carbonyl (C=O) groups is 1. The average molecular weight is 314 g/mol. The molecule has 0 radical (unpaired) electrons. The lowest BCUT2D eigenvalue weighted by Crippen LogP contribution is -2.13. The molecule has 0 atom stereocenters. The van der Waals surface area contributed by atoms with Crippen LogP contribution in [0.4, 0.5) is 14.5 Å². The molecular weight excluding hydrogens is 302 g/mol. The molecule has 1 heterocycles. The molecule has 0 aliphatic carbocycles. The highest BCUT2D eigenvalue weighted by molar-refractivity contribution is 6.02. The summed E-state index contributed by atoms with van der Waals surface area (Å²) < 4.78 is 27.9. The van der Waals surface area contributed by atoms with Gasteiger partial charge in [-0.05, 0) is 17.7 Å². The van der Waals surface area contributed by atoms with Crippen LogP contribution >= 0.6 is 0 Å². The van der Waals surface area contributed by atoms with Crippen LogP contribution in [0.15, 0.2) is 54.7 Å². The molecule has 1 N–H and O–H groups in total. The fraction of sp³-hybridized carbons (Fsp3) is 0.0625. The van der Waals surface area contributed by atoms with E-state index in [1.54, 1.807) is 0 Å². The lowest BCUT2D eigenvalue weighted by molar-refractivity contribution is 0.102. The molecule has 1 aromatic heterocycles. The number of aromatic nitrogens is 3. The van der Waals surface area contributed by atoms with Gasteiger partial charge in [0.05, 0.1) is 18.4 Å². The normalized spacial score (nSPS) is 10.5. The van der Waals surface area contributed by atoms with Crippen molar-refractivity contribution in [3.63, 3.8) is 0 Å². The summed E-state index contributed by atoms with van der Waals surface area (Å²) in [5.41, 5.74) is 0.938. The lowest BCUT2D eigenvalue weighted by atomic mass is 10.2. The van der Waals surface area contributed by atoms with E-state index in [2.05, 4.69) is 15.6 Å². The van der Waals surface area contributed by atoms with E-state index in [1.165, 1.54) is 10.9 Å². The summed E-state index contributed by atoms with van der Waals surface area (Å²) in [6.07, 6.45) is 1.46. The van der Waals surface area contributed by atoms with Crippen LogP contribution in [0, 0.1) is 11.6 Å². The van der Waals surface area contributed by atoms with Crippen molar-refractivity contribution in [3.05, 3.63) is 77.6 Å². The number of nitrogens with zero attached hydrogens (tertiary/aromatic N) is 3. The summed E-state index contributed by atoms with van der Waals surface area (Å²) in [4.78, 5) is 12.0. The minimum absolute atomic E-state index is 0.0460. The van der Waals surface area contributed by atoms with E-state index < -0.39 is 17.5 Å². The second-order valence-corrected chi connectivity index (χ2v) is 4.87. The molecule has 3 rings (SSSR count). The maximum absolute atomic E-state index is 13.5. The van der Waals surface area contributed by atoms with Gasteiger partial charge < -0.3 is 5.32 Å². The van der Waals surface area contributed by atoms with Gasteiger partial charge in [-0.3, -0.25) is 4.79 Å². The second-order valence-electron chi connectivity index (χ2n) is 4.87. The van der Waals surface area contributed by atoms with Crippen molar-refractivity contribution in [1.82, 2.24) is 15.0 Å². The SMILES string of the molecule is O=C(Nc1ccc(F)cc1F)c1cn(Cc2ccccc2)nn1. The Morgan fingerprint density at radius 3 is 2.65 bits per heavy atom. The first-order chi connectivity index (χ1) is 11.1. The summed E-state index contributed by atoms with van der Waals surface area (Å²) in [7, 11) is 0. The topological polar surface area (TPSA) is 59.8 Å². The average Bonchev–Trinajstić information content (AvgIpc) is 3.00.